The van der Waals surface area contributed by atoms with Crippen molar-refractivity contribution in [1.29, 1.82) is 0 Å². The Bertz CT molecular complexity index is 1140. The van der Waals surface area contributed by atoms with Crippen LogP contribution >= 0.6 is 0 Å². The molecule has 0 saturated carbocycles. The first kappa shape index (κ1) is 52.8. The van der Waals surface area contributed by atoms with E-state index in [4.69, 9.17) is 4.74 Å². The number of allylic oxidation sites excluding steroid dienone is 16. The Morgan fingerprint density at radius 1 is 0.536 bits per heavy atom. The van der Waals surface area contributed by atoms with Gasteiger partial charge in [0.1, 0.15) is 6.10 Å². The molecule has 1 amide bonds. The zero-order chi connectivity index (χ0) is 41.0. The lowest BCUT2D eigenvalue weighted by Crippen LogP contribution is -2.46. The van der Waals surface area contributed by atoms with Crippen LogP contribution in [0.3, 0.4) is 0 Å². The predicted octanol–water partition coefficient (Wildman–Crippen LogP) is 13.0. The van der Waals surface area contributed by atoms with Gasteiger partial charge in [0.15, 0.2) is 0 Å². The molecule has 318 valence electrons. The number of unbranched alkanes of at least 4 members (excludes halogenated alkanes) is 16. The third-order valence-electron chi connectivity index (χ3n) is 9.60. The fraction of sp³-hybridized carbons (Fsp3) is 0.640. The smallest absolute Gasteiger partial charge is 0.306 e. The van der Waals surface area contributed by atoms with Crippen molar-refractivity contribution < 1.29 is 24.5 Å². The molecule has 0 bridgehead atoms. The highest BCUT2D eigenvalue weighted by atomic mass is 16.5. The molecule has 56 heavy (non-hydrogen) atoms. The van der Waals surface area contributed by atoms with Crippen LogP contribution in [0.4, 0.5) is 0 Å². The average Bonchev–Trinajstić information content (AvgIpc) is 3.19. The zero-order valence-electron chi connectivity index (χ0n) is 36.0. The fourth-order valence-corrected chi connectivity index (χ4v) is 6.22. The largest absolute Gasteiger partial charge is 0.462 e. The van der Waals surface area contributed by atoms with E-state index in [2.05, 4.69) is 50.4 Å². The van der Waals surface area contributed by atoms with Gasteiger partial charge in [-0.3, -0.25) is 9.59 Å². The van der Waals surface area contributed by atoms with E-state index in [9.17, 15) is 19.8 Å². The minimum absolute atomic E-state index is 0.0198. The van der Waals surface area contributed by atoms with Gasteiger partial charge in [-0.05, 0) is 57.8 Å². The number of carbonyl (C=O) groups excluding carboxylic acids is 2. The minimum atomic E-state index is -0.813. The third kappa shape index (κ3) is 37.7. The van der Waals surface area contributed by atoms with Gasteiger partial charge in [0.25, 0.3) is 0 Å². The van der Waals surface area contributed by atoms with Crippen LogP contribution in [-0.2, 0) is 14.3 Å². The number of nitrogens with one attached hydrogen (secondary N) is 1. The number of amides is 1. The summed E-state index contributed by atoms with van der Waals surface area (Å²) < 4.78 is 5.84. The molecule has 0 aromatic heterocycles. The molecule has 6 heteroatoms. The van der Waals surface area contributed by atoms with E-state index >= 15 is 0 Å². The standard InChI is InChI=1S/C50H83NO5/c1-4-7-10-13-16-19-22-24-27-30-33-36-39-42-48(53)47(45-52)51-49(54)44-46(41-38-35-32-29-26-21-18-15-12-9-6-3)56-50(55)43-40-37-34-31-28-25-23-20-17-14-11-8-5-2/h8-9,11-12,14-15,17-18,20-21,23,25-26,28,31,34,46-48,52-53H,4-7,10,13,16,19,22,24,27,29-30,32-33,35-45H2,1-3H3,(H,51,54)/b11-8+,12-9+,17-14+,18-15+,23-20-,26-21-,28-25-,34-31+. The van der Waals surface area contributed by atoms with Crippen molar-refractivity contribution in [2.24, 2.45) is 0 Å². The van der Waals surface area contributed by atoms with E-state index in [1.807, 2.05) is 72.9 Å². The second kappa shape index (κ2) is 42.9. The number of rotatable bonds is 38. The molecule has 0 radical (unpaired) electrons. The van der Waals surface area contributed by atoms with Gasteiger partial charge in [-0.25, -0.2) is 0 Å². The van der Waals surface area contributed by atoms with E-state index in [-0.39, 0.29) is 31.3 Å². The lowest BCUT2D eigenvalue weighted by molar-refractivity contribution is -0.151. The van der Waals surface area contributed by atoms with Crippen LogP contribution in [0.5, 0.6) is 0 Å². The number of hydrogen-bond acceptors (Lipinski definition) is 5. The molecule has 3 atom stereocenters. The van der Waals surface area contributed by atoms with Gasteiger partial charge < -0.3 is 20.3 Å². The van der Waals surface area contributed by atoms with Crippen LogP contribution in [0, 0.1) is 0 Å². The molecular formula is C50H83NO5. The van der Waals surface area contributed by atoms with Crippen molar-refractivity contribution in [2.45, 2.75) is 200 Å². The molecular weight excluding hydrogens is 695 g/mol. The first-order chi connectivity index (χ1) is 27.5. The minimum Gasteiger partial charge on any atom is -0.462 e. The lowest BCUT2D eigenvalue weighted by atomic mass is 10.0. The fourth-order valence-electron chi connectivity index (χ4n) is 6.22. The van der Waals surface area contributed by atoms with Crippen molar-refractivity contribution in [3.8, 4) is 0 Å². The maximum absolute atomic E-state index is 13.1. The summed E-state index contributed by atoms with van der Waals surface area (Å²) in [6.45, 7) is 6.15. The maximum atomic E-state index is 13.1. The summed E-state index contributed by atoms with van der Waals surface area (Å²) in [6, 6.07) is -0.731. The zero-order valence-corrected chi connectivity index (χ0v) is 36.0. The van der Waals surface area contributed by atoms with Crippen LogP contribution in [0.15, 0.2) is 97.2 Å². The Labute approximate surface area is 344 Å². The molecule has 0 fully saturated rings. The van der Waals surface area contributed by atoms with Gasteiger partial charge in [-0.1, -0.05) is 208 Å². The summed E-state index contributed by atoms with van der Waals surface area (Å²) in [5.41, 5.74) is 0. The first-order valence-corrected chi connectivity index (χ1v) is 22.6. The van der Waals surface area contributed by atoms with Crippen LogP contribution in [0.25, 0.3) is 0 Å². The van der Waals surface area contributed by atoms with Crippen LogP contribution in [0.2, 0.25) is 0 Å². The molecule has 0 aliphatic heterocycles. The molecule has 0 heterocycles. The van der Waals surface area contributed by atoms with Gasteiger partial charge in [-0.2, -0.15) is 0 Å². The Morgan fingerprint density at radius 2 is 0.964 bits per heavy atom. The molecule has 0 aromatic carbocycles. The van der Waals surface area contributed by atoms with Gasteiger partial charge in [0.05, 0.1) is 25.2 Å². The van der Waals surface area contributed by atoms with Crippen LogP contribution in [0.1, 0.15) is 181 Å². The van der Waals surface area contributed by atoms with Gasteiger partial charge in [0.2, 0.25) is 5.91 Å². The Hall–Kier alpha value is -3.22. The quantitative estimate of drug-likeness (QED) is 0.0330. The Balaban J connectivity index is 4.75. The van der Waals surface area contributed by atoms with E-state index < -0.39 is 18.2 Å². The molecule has 0 rings (SSSR count). The number of carbonyl (C=O) groups is 2. The van der Waals surface area contributed by atoms with Crippen molar-refractivity contribution in [1.82, 2.24) is 5.32 Å². The molecule has 0 spiro atoms. The lowest BCUT2D eigenvalue weighted by Gasteiger charge is -2.24. The molecule has 0 aliphatic carbocycles. The number of ether oxygens (including phenoxy) is 1. The average molecular weight is 778 g/mol. The first-order valence-electron chi connectivity index (χ1n) is 22.6. The van der Waals surface area contributed by atoms with Gasteiger partial charge in [-0.15, -0.1) is 0 Å². The van der Waals surface area contributed by atoms with E-state index in [1.165, 1.54) is 64.2 Å². The van der Waals surface area contributed by atoms with Crippen LogP contribution < -0.4 is 5.32 Å². The van der Waals surface area contributed by atoms with Crippen LogP contribution in [-0.4, -0.2) is 46.9 Å². The second-order valence-corrected chi connectivity index (χ2v) is 14.9. The SMILES string of the molecule is CC/C=C/C=C/C=C\C=C/C=C/CCCC(=O)OC(CCCCC\C=C/C=C/C=C/CC)CC(=O)NC(CO)C(O)CCCCCCCCCCCCCCC. The second-order valence-electron chi connectivity index (χ2n) is 14.9. The summed E-state index contributed by atoms with van der Waals surface area (Å²) in [4.78, 5) is 25.9. The molecule has 0 aliphatic rings. The van der Waals surface area contributed by atoms with E-state index in [0.717, 1.165) is 64.2 Å². The van der Waals surface area contributed by atoms with Gasteiger partial charge in [0, 0.05) is 6.42 Å². The number of aliphatic hydroxyl groups is 2. The van der Waals surface area contributed by atoms with Crippen molar-refractivity contribution in [3.63, 3.8) is 0 Å². The summed E-state index contributed by atoms with van der Waals surface area (Å²) in [6.07, 6.45) is 56.1. The topological polar surface area (TPSA) is 95.9 Å². The molecule has 3 N–H and O–H groups in total. The highest BCUT2D eigenvalue weighted by Crippen LogP contribution is 2.16. The Kier molecular flexibility index (Phi) is 40.4. The van der Waals surface area contributed by atoms with Gasteiger partial charge >= 0.3 is 5.97 Å². The monoisotopic (exact) mass is 778 g/mol. The highest BCUT2D eigenvalue weighted by Gasteiger charge is 2.24. The molecule has 0 aromatic rings. The molecule has 0 saturated heterocycles. The number of aliphatic hydroxyl groups excluding tert-OH is 2. The predicted molar refractivity (Wildman–Crippen MR) is 240 cm³/mol. The third-order valence-corrected chi connectivity index (χ3v) is 9.60. The summed E-state index contributed by atoms with van der Waals surface area (Å²) in [7, 11) is 0. The molecule has 3 unspecified atom stereocenters. The highest BCUT2D eigenvalue weighted by molar-refractivity contribution is 5.77. The summed E-state index contributed by atoms with van der Waals surface area (Å²) in [5.74, 6) is -0.610. The molecule has 6 nitrogen and oxygen atoms in total. The van der Waals surface area contributed by atoms with Crippen molar-refractivity contribution in [3.05, 3.63) is 97.2 Å². The maximum Gasteiger partial charge on any atom is 0.306 e. The van der Waals surface area contributed by atoms with Crippen molar-refractivity contribution >= 4 is 11.9 Å². The summed E-state index contributed by atoms with van der Waals surface area (Å²) >= 11 is 0. The number of esters is 1. The normalized spacial score (nSPS) is 14.3. The van der Waals surface area contributed by atoms with E-state index in [0.29, 0.717) is 19.3 Å². The summed E-state index contributed by atoms with van der Waals surface area (Å²) in [5, 5.41) is 23.6. The Morgan fingerprint density at radius 3 is 1.46 bits per heavy atom. The van der Waals surface area contributed by atoms with Crippen molar-refractivity contribution in [2.75, 3.05) is 6.61 Å². The number of hydrogen-bond donors (Lipinski definition) is 3. The van der Waals surface area contributed by atoms with E-state index in [1.54, 1.807) is 0 Å².